The van der Waals surface area contributed by atoms with Gasteiger partial charge < -0.3 is 14.2 Å². The number of rotatable bonds is 51. The fourth-order valence-electron chi connectivity index (χ4n) is 7.78. The molecule has 0 bridgehead atoms. The predicted molar refractivity (Wildman–Crippen MR) is 297 cm³/mol. The summed E-state index contributed by atoms with van der Waals surface area (Å²) >= 11 is 0. The van der Waals surface area contributed by atoms with E-state index in [0.29, 0.717) is 19.3 Å². The lowest BCUT2D eigenvalue weighted by Gasteiger charge is -2.18. The summed E-state index contributed by atoms with van der Waals surface area (Å²) in [5.41, 5.74) is 0. The molecule has 0 unspecified atom stereocenters. The van der Waals surface area contributed by atoms with Crippen molar-refractivity contribution >= 4 is 17.9 Å². The van der Waals surface area contributed by atoms with Gasteiger partial charge in [-0.1, -0.05) is 246 Å². The molecule has 6 heteroatoms. The minimum atomic E-state index is -0.820. The molecule has 0 aliphatic carbocycles. The number of allylic oxidation sites excluding steroid dienone is 16. The molecule has 0 saturated heterocycles. The van der Waals surface area contributed by atoms with E-state index in [1.807, 2.05) is 0 Å². The Bertz CT molecular complexity index is 1380. The van der Waals surface area contributed by atoms with E-state index in [1.54, 1.807) is 0 Å². The van der Waals surface area contributed by atoms with Gasteiger partial charge in [0.2, 0.25) is 0 Å². The number of hydrogen-bond donors (Lipinski definition) is 0. The van der Waals surface area contributed by atoms with Gasteiger partial charge in [-0.25, -0.2) is 0 Å². The zero-order valence-electron chi connectivity index (χ0n) is 45.0. The van der Waals surface area contributed by atoms with E-state index in [1.165, 1.54) is 128 Å². The summed E-state index contributed by atoms with van der Waals surface area (Å²) in [6, 6.07) is 0. The zero-order chi connectivity index (χ0) is 50.0. The molecule has 0 aliphatic heterocycles. The van der Waals surface area contributed by atoms with Crippen molar-refractivity contribution in [2.24, 2.45) is 0 Å². The number of carbonyl (C=O) groups is 3. The highest BCUT2D eigenvalue weighted by molar-refractivity contribution is 5.71. The first kappa shape index (κ1) is 65.3. The second-order valence-corrected chi connectivity index (χ2v) is 18.8. The highest BCUT2D eigenvalue weighted by atomic mass is 16.6. The van der Waals surface area contributed by atoms with Crippen molar-refractivity contribution in [2.45, 2.75) is 271 Å². The molecule has 0 aromatic rings. The Morgan fingerprint density at radius 3 is 0.971 bits per heavy atom. The summed E-state index contributed by atoms with van der Waals surface area (Å²) in [5, 5.41) is 0. The Morgan fingerprint density at radius 2 is 0.580 bits per heavy atom. The number of esters is 3. The van der Waals surface area contributed by atoms with Crippen LogP contribution in [0.2, 0.25) is 0 Å². The maximum absolute atomic E-state index is 12.8. The summed E-state index contributed by atoms with van der Waals surface area (Å²) < 4.78 is 16.8. The van der Waals surface area contributed by atoms with Crippen LogP contribution in [0.15, 0.2) is 97.2 Å². The molecule has 0 amide bonds. The average Bonchev–Trinajstić information content (AvgIpc) is 3.35. The molecule has 69 heavy (non-hydrogen) atoms. The van der Waals surface area contributed by atoms with Crippen LogP contribution in [0.3, 0.4) is 0 Å². The summed E-state index contributed by atoms with van der Waals surface area (Å²) in [7, 11) is 0. The zero-order valence-corrected chi connectivity index (χ0v) is 45.0. The Kier molecular flexibility index (Phi) is 53.9. The van der Waals surface area contributed by atoms with Gasteiger partial charge >= 0.3 is 17.9 Å². The average molecular weight is 960 g/mol. The van der Waals surface area contributed by atoms with E-state index < -0.39 is 6.10 Å². The van der Waals surface area contributed by atoms with Crippen LogP contribution in [0.1, 0.15) is 265 Å². The smallest absolute Gasteiger partial charge is 0.306 e. The number of hydrogen-bond acceptors (Lipinski definition) is 6. The molecule has 6 nitrogen and oxygen atoms in total. The van der Waals surface area contributed by atoms with Crippen molar-refractivity contribution in [3.63, 3.8) is 0 Å². The van der Waals surface area contributed by atoms with Crippen molar-refractivity contribution in [3.05, 3.63) is 97.2 Å². The lowest BCUT2D eigenvalue weighted by molar-refractivity contribution is -0.167. The van der Waals surface area contributed by atoms with Gasteiger partial charge in [0, 0.05) is 19.3 Å². The standard InChI is InChI=1S/C63H106O6/c1-4-7-10-13-16-19-22-25-28-30-31-33-36-38-41-44-47-50-53-56-62(65)68-59-60(69-63(66)57-54-51-48-45-42-39-34-27-24-21-18-15-12-9-6-3)58-67-61(64)55-52-49-46-43-40-37-35-32-29-26-23-20-17-14-11-8-5-2/h8,11,17-18,20-21,26-27,29,34-35,37,42-43,45-46,60H,4-7,9-10,12-16,19,22-25,28,30-33,36,38-41,44,47-59H2,1-3H3/b11-8-,20-17-,21-18-,29-26-,34-27-,37-35-,45-42-,46-43-/t60-/m1/s1. The van der Waals surface area contributed by atoms with Crippen molar-refractivity contribution in [3.8, 4) is 0 Å². The molecule has 0 fully saturated rings. The van der Waals surface area contributed by atoms with E-state index in [9.17, 15) is 14.4 Å². The molecule has 394 valence electrons. The molecular weight excluding hydrogens is 853 g/mol. The van der Waals surface area contributed by atoms with Gasteiger partial charge in [-0.15, -0.1) is 0 Å². The van der Waals surface area contributed by atoms with Crippen molar-refractivity contribution < 1.29 is 28.6 Å². The lowest BCUT2D eigenvalue weighted by Crippen LogP contribution is -2.30. The Labute approximate surface area is 426 Å². The van der Waals surface area contributed by atoms with Crippen LogP contribution in [0.4, 0.5) is 0 Å². The molecule has 0 heterocycles. The van der Waals surface area contributed by atoms with Gasteiger partial charge in [0.15, 0.2) is 6.10 Å². The van der Waals surface area contributed by atoms with Crippen molar-refractivity contribution in [1.82, 2.24) is 0 Å². The molecule has 0 saturated carbocycles. The highest BCUT2D eigenvalue weighted by Gasteiger charge is 2.19. The molecular formula is C63H106O6. The van der Waals surface area contributed by atoms with E-state index in [0.717, 1.165) is 83.5 Å². The first-order chi connectivity index (χ1) is 34.0. The molecule has 0 aromatic carbocycles. The fourth-order valence-corrected chi connectivity index (χ4v) is 7.78. The second kappa shape index (κ2) is 56.9. The first-order valence-electron chi connectivity index (χ1n) is 28.7. The molecule has 1 atom stereocenters. The minimum absolute atomic E-state index is 0.109. The van der Waals surface area contributed by atoms with Crippen LogP contribution in [-0.4, -0.2) is 37.2 Å². The normalized spacial score (nSPS) is 12.8. The summed E-state index contributed by atoms with van der Waals surface area (Å²) in [6.45, 7) is 6.43. The van der Waals surface area contributed by atoms with Crippen molar-refractivity contribution in [1.29, 1.82) is 0 Å². The molecule has 0 rings (SSSR count). The van der Waals surface area contributed by atoms with Crippen molar-refractivity contribution in [2.75, 3.05) is 13.2 Å². The van der Waals surface area contributed by atoms with E-state index in [-0.39, 0.29) is 44.0 Å². The monoisotopic (exact) mass is 959 g/mol. The highest BCUT2D eigenvalue weighted by Crippen LogP contribution is 2.16. The van der Waals surface area contributed by atoms with Gasteiger partial charge in [0.05, 0.1) is 0 Å². The largest absolute Gasteiger partial charge is 0.462 e. The van der Waals surface area contributed by atoms with Crippen LogP contribution >= 0.6 is 0 Å². The van der Waals surface area contributed by atoms with Crippen LogP contribution in [0.5, 0.6) is 0 Å². The van der Waals surface area contributed by atoms with E-state index in [2.05, 4.69) is 118 Å². The number of carbonyl (C=O) groups excluding carboxylic acids is 3. The minimum Gasteiger partial charge on any atom is -0.462 e. The first-order valence-corrected chi connectivity index (χ1v) is 28.7. The molecule has 0 spiro atoms. The second-order valence-electron chi connectivity index (χ2n) is 18.8. The topological polar surface area (TPSA) is 78.9 Å². The molecule has 0 aromatic heterocycles. The van der Waals surface area contributed by atoms with Crippen LogP contribution in [0, 0.1) is 0 Å². The van der Waals surface area contributed by atoms with E-state index >= 15 is 0 Å². The Morgan fingerprint density at radius 1 is 0.304 bits per heavy atom. The van der Waals surface area contributed by atoms with Crippen LogP contribution in [-0.2, 0) is 28.6 Å². The summed E-state index contributed by atoms with van der Waals surface area (Å²) in [4.78, 5) is 38.1. The third-order valence-corrected chi connectivity index (χ3v) is 12.1. The van der Waals surface area contributed by atoms with Crippen LogP contribution in [0.25, 0.3) is 0 Å². The van der Waals surface area contributed by atoms with Crippen LogP contribution < -0.4 is 0 Å². The quantitative estimate of drug-likeness (QED) is 0.0262. The number of ether oxygens (including phenoxy) is 3. The fraction of sp³-hybridized carbons (Fsp3) is 0.698. The third kappa shape index (κ3) is 55.1. The molecule has 0 N–H and O–H groups in total. The Hall–Kier alpha value is -3.67. The van der Waals surface area contributed by atoms with Gasteiger partial charge in [-0.05, 0) is 96.3 Å². The molecule has 0 aliphatic rings. The SMILES string of the molecule is CC/C=C\C/C=C\C/C=C\C/C=C\C/C=C\CCCC(=O)OC[C@H](COC(=O)CCCCCCCCCCCCCCCCCCCCC)OC(=O)CCCC/C=C\C/C=C\C/C=C\CCCCC. The van der Waals surface area contributed by atoms with Gasteiger partial charge in [-0.3, -0.25) is 14.4 Å². The predicted octanol–water partition coefficient (Wildman–Crippen LogP) is 19.3. The van der Waals surface area contributed by atoms with Gasteiger partial charge in [0.25, 0.3) is 0 Å². The molecule has 0 radical (unpaired) electrons. The maximum Gasteiger partial charge on any atom is 0.306 e. The summed E-state index contributed by atoms with van der Waals surface area (Å²) in [5.74, 6) is -1.00. The van der Waals surface area contributed by atoms with Gasteiger partial charge in [-0.2, -0.15) is 0 Å². The number of unbranched alkanes of at least 4 members (excludes halogenated alkanes) is 24. The maximum atomic E-state index is 12.8. The van der Waals surface area contributed by atoms with E-state index in [4.69, 9.17) is 14.2 Å². The summed E-state index contributed by atoms with van der Waals surface area (Å²) in [6.07, 6.45) is 75.5. The van der Waals surface area contributed by atoms with Gasteiger partial charge in [0.1, 0.15) is 13.2 Å². The Balaban J connectivity index is 4.49. The lowest BCUT2D eigenvalue weighted by atomic mass is 10.0. The third-order valence-electron chi connectivity index (χ3n) is 12.1.